The lowest BCUT2D eigenvalue weighted by Crippen LogP contribution is -2.26. The molecule has 0 saturated heterocycles. The van der Waals surface area contributed by atoms with Crippen LogP contribution in [0.1, 0.15) is 44.3 Å². The van der Waals surface area contributed by atoms with Gasteiger partial charge in [0.05, 0.1) is 27.1 Å². The number of furan rings is 1. The van der Waals surface area contributed by atoms with Crippen LogP contribution in [0, 0.1) is 6.92 Å². The fourth-order valence-electron chi connectivity index (χ4n) is 2.70. The molecule has 0 aliphatic rings. The molecule has 3 rings (SSSR count). The zero-order valence-corrected chi connectivity index (χ0v) is 17.7. The van der Waals surface area contributed by atoms with Crippen molar-refractivity contribution in [1.29, 1.82) is 0 Å². The third-order valence-electron chi connectivity index (χ3n) is 4.26. The molecule has 0 spiro atoms. The minimum atomic E-state index is -3.27. The summed E-state index contributed by atoms with van der Waals surface area (Å²) in [4.78, 5) is 25.5. The van der Waals surface area contributed by atoms with Crippen molar-refractivity contribution in [3.8, 4) is 0 Å². The maximum atomic E-state index is 12.7. The monoisotopic (exact) mass is 432 g/mol. The lowest BCUT2D eigenvalue weighted by atomic mass is 10.1. The van der Waals surface area contributed by atoms with E-state index in [4.69, 9.17) is 4.42 Å². The average molecular weight is 433 g/mol. The van der Waals surface area contributed by atoms with Crippen LogP contribution in [0.4, 0.5) is 5.00 Å². The van der Waals surface area contributed by atoms with Crippen molar-refractivity contribution in [2.75, 3.05) is 11.6 Å². The van der Waals surface area contributed by atoms with Gasteiger partial charge in [-0.2, -0.15) is 0 Å². The molecule has 2 amide bonds. The smallest absolute Gasteiger partial charge is 0.291 e. The van der Waals surface area contributed by atoms with Gasteiger partial charge in [-0.3, -0.25) is 9.59 Å². The van der Waals surface area contributed by atoms with Crippen molar-refractivity contribution in [1.82, 2.24) is 5.32 Å². The Bertz CT molecular complexity index is 1130. The van der Waals surface area contributed by atoms with Crippen LogP contribution in [0.2, 0.25) is 0 Å². The Hall–Kier alpha value is -2.91. The van der Waals surface area contributed by atoms with Crippen LogP contribution in [0.5, 0.6) is 0 Å². The average Bonchev–Trinajstić information content (AvgIpc) is 3.31. The summed E-state index contributed by atoms with van der Waals surface area (Å²) in [5.41, 5.74) is 1.52. The number of aryl methyl sites for hydroxylation is 1. The zero-order chi connectivity index (χ0) is 21.2. The minimum absolute atomic E-state index is 0.188. The van der Waals surface area contributed by atoms with Gasteiger partial charge in [-0.1, -0.05) is 12.1 Å². The Morgan fingerprint density at radius 2 is 1.79 bits per heavy atom. The molecule has 0 aliphatic carbocycles. The molecule has 2 N–H and O–H groups in total. The normalized spacial score (nSPS) is 12.4. The highest BCUT2D eigenvalue weighted by Gasteiger charge is 2.19. The molecule has 1 aromatic carbocycles. The summed E-state index contributed by atoms with van der Waals surface area (Å²) < 4.78 is 28.2. The van der Waals surface area contributed by atoms with E-state index in [0.717, 1.165) is 17.4 Å². The fraction of sp³-hybridized carbons (Fsp3) is 0.200. The summed E-state index contributed by atoms with van der Waals surface area (Å²) >= 11 is 1.17. The van der Waals surface area contributed by atoms with Crippen LogP contribution in [0.3, 0.4) is 0 Å². The van der Waals surface area contributed by atoms with E-state index in [1.54, 1.807) is 37.3 Å². The third kappa shape index (κ3) is 4.93. The predicted octanol–water partition coefficient (Wildman–Crippen LogP) is 3.80. The minimum Gasteiger partial charge on any atom is -0.459 e. The van der Waals surface area contributed by atoms with Crippen LogP contribution in [-0.2, 0) is 9.84 Å². The summed E-state index contributed by atoms with van der Waals surface area (Å²) in [6.45, 7) is 3.61. The zero-order valence-electron chi connectivity index (χ0n) is 16.1. The van der Waals surface area contributed by atoms with Gasteiger partial charge in [0.1, 0.15) is 0 Å². The number of rotatable bonds is 6. The molecular weight excluding hydrogens is 412 g/mol. The molecule has 29 heavy (non-hydrogen) atoms. The number of benzene rings is 1. The molecule has 0 radical (unpaired) electrons. The van der Waals surface area contributed by atoms with Crippen molar-refractivity contribution in [3.05, 3.63) is 70.5 Å². The third-order valence-corrected chi connectivity index (χ3v) is 6.54. The number of hydrogen-bond acceptors (Lipinski definition) is 6. The second-order valence-electron chi connectivity index (χ2n) is 6.59. The molecule has 0 fully saturated rings. The molecule has 0 aliphatic heterocycles. The van der Waals surface area contributed by atoms with E-state index >= 15 is 0 Å². The maximum absolute atomic E-state index is 12.7. The molecule has 0 bridgehead atoms. The number of nitrogens with one attached hydrogen (secondary N) is 2. The first-order valence-corrected chi connectivity index (χ1v) is 11.4. The molecular formula is C20H20N2O5S2. The van der Waals surface area contributed by atoms with E-state index in [9.17, 15) is 18.0 Å². The molecule has 0 unspecified atom stereocenters. The van der Waals surface area contributed by atoms with Crippen molar-refractivity contribution >= 4 is 38.0 Å². The number of carbonyl (C=O) groups excluding carboxylic acids is 2. The second-order valence-corrected chi connectivity index (χ2v) is 9.66. The summed E-state index contributed by atoms with van der Waals surface area (Å²) in [5.74, 6) is -0.471. The first-order chi connectivity index (χ1) is 13.6. The quantitative estimate of drug-likeness (QED) is 0.616. The number of anilines is 1. The van der Waals surface area contributed by atoms with Crippen LogP contribution >= 0.6 is 11.3 Å². The number of thiophene rings is 1. The van der Waals surface area contributed by atoms with Crippen molar-refractivity contribution < 1.29 is 22.4 Å². The number of sulfone groups is 1. The lowest BCUT2D eigenvalue weighted by molar-refractivity contribution is 0.0942. The standard InChI is InChI=1S/C20H20N2O5S2/c1-12-11-17(22-19(23)16-5-4-10-27-16)28-18(12)20(24)21-13(2)14-6-8-15(9-7-14)29(3,25)26/h4-11,13H,1-3H3,(H,21,24)(H,22,23)/t13-/m1/s1. The van der Waals surface area contributed by atoms with Gasteiger partial charge >= 0.3 is 0 Å². The highest BCUT2D eigenvalue weighted by Crippen LogP contribution is 2.28. The largest absolute Gasteiger partial charge is 0.459 e. The number of hydrogen-bond donors (Lipinski definition) is 2. The Morgan fingerprint density at radius 3 is 2.38 bits per heavy atom. The Balaban J connectivity index is 1.69. The van der Waals surface area contributed by atoms with Crippen molar-refractivity contribution in [3.63, 3.8) is 0 Å². The Kier molecular flexibility index (Phi) is 5.90. The summed E-state index contributed by atoms with van der Waals surface area (Å²) in [6.07, 6.45) is 2.56. The van der Waals surface area contributed by atoms with E-state index in [1.165, 1.54) is 29.7 Å². The topological polar surface area (TPSA) is 105 Å². The number of amides is 2. The van der Waals surface area contributed by atoms with Gasteiger partial charge in [-0.05, 0) is 55.3 Å². The summed E-state index contributed by atoms with van der Waals surface area (Å²) in [5, 5.41) is 6.15. The van der Waals surface area contributed by atoms with E-state index in [1.807, 2.05) is 6.92 Å². The highest BCUT2D eigenvalue weighted by atomic mass is 32.2. The number of carbonyl (C=O) groups is 2. The Labute approximate surface area is 172 Å². The van der Waals surface area contributed by atoms with Gasteiger partial charge in [0, 0.05) is 6.26 Å². The molecule has 1 atom stereocenters. The molecule has 2 heterocycles. The van der Waals surface area contributed by atoms with Gasteiger partial charge in [0.2, 0.25) is 0 Å². The maximum Gasteiger partial charge on any atom is 0.291 e. The highest BCUT2D eigenvalue weighted by molar-refractivity contribution is 7.90. The van der Waals surface area contributed by atoms with Gasteiger partial charge < -0.3 is 15.1 Å². The van der Waals surface area contributed by atoms with Crippen molar-refractivity contribution in [2.45, 2.75) is 24.8 Å². The lowest BCUT2D eigenvalue weighted by Gasteiger charge is -2.14. The van der Waals surface area contributed by atoms with Gasteiger partial charge in [-0.25, -0.2) is 8.42 Å². The first-order valence-electron chi connectivity index (χ1n) is 8.71. The Morgan fingerprint density at radius 1 is 1.10 bits per heavy atom. The van der Waals surface area contributed by atoms with E-state index < -0.39 is 9.84 Å². The molecule has 3 aromatic rings. The van der Waals surface area contributed by atoms with E-state index in [-0.39, 0.29) is 28.5 Å². The molecule has 152 valence electrons. The SMILES string of the molecule is Cc1cc(NC(=O)c2ccco2)sc1C(=O)N[C@H](C)c1ccc(S(C)(=O)=O)cc1. The predicted molar refractivity (Wildman–Crippen MR) is 111 cm³/mol. The van der Waals surface area contributed by atoms with Gasteiger partial charge in [-0.15, -0.1) is 11.3 Å². The van der Waals surface area contributed by atoms with Crippen LogP contribution in [0.15, 0.2) is 58.0 Å². The van der Waals surface area contributed by atoms with Gasteiger partial charge in [0.15, 0.2) is 15.6 Å². The summed E-state index contributed by atoms with van der Waals surface area (Å²) in [6, 6.07) is 11.0. The van der Waals surface area contributed by atoms with E-state index in [0.29, 0.717) is 9.88 Å². The second kappa shape index (κ2) is 8.22. The van der Waals surface area contributed by atoms with Crippen LogP contribution in [-0.4, -0.2) is 26.5 Å². The molecule has 9 heteroatoms. The summed E-state index contributed by atoms with van der Waals surface area (Å²) in [7, 11) is -3.27. The van der Waals surface area contributed by atoms with Crippen LogP contribution in [0.25, 0.3) is 0 Å². The first kappa shape index (κ1) is 20.8. The van der Waals surface area contributed by atoms with E-state index in [2.05, 4.69) is 10.6 Å². The molecule has 7 nitrogen and oxygen atoms in total. The van der Waals surface area contributed by atoms with Crippen molar-refractivity contribution in [2.24, 2.45) is 0 Å². The molecule has 2 aromatic heterocycles. The van der Waals surface area contributed by atoms with Crippen LogP contribution < -0.4 is 10.6 Å². The fourth-order valence-corrected chi connectivity index (χ4v) is 4.30. The van der Waals surface area contributed by atoms with Gasteiger partial charge in [0.25, 0.3) is 11.8 Å². The molecule has 0 saturated carbocycles.